The van der Waals surface area contributed by atoms with Gasteiger partial charge in [0.25, 0.3) is 0 Å². The topological polar surface area (TPSA) is 47.3 Å². The van der Waals surface area contributed by atoms with Gasteiger partial charge in [0.2, 0.25) is 0 Å². The van der Waals surface area contributed by atoms with E-state index in [1.165, 1.54) is 0 Å². The van der Waals surface area contributed by atoms with Crippen molar-refractivity contribution >= 4 is 0 Å². The van der Waals surface area contributed by atoms with Crippen LogP contribution in [0.4, 0.5) is 0 Å². The van der Waals surface area contributed by atoms with E-state index in [2.05, 4.69) is 4.98 Å². The Hall–Kier alpha value is -1.81. The van der Waals surface area contributed by atoms with Crippen LogP contribution in [0.25, 0.3) is 0 Å². The van der Waals surface area contributed by atoms with E-state index in [-0.39, 0.29) is 0 Å². The van der Waals surface area contributed by atoms with Crippen LogP contribution >= 0.6 is 0 Å². The van der Waals surface area contributed by atoms with E-state index in [4.69, 9.17) is 4.74 Å². The Labute approximate surface area is 107 Å². The van der Waals surface area contributed by atoms with Crippen LogP contribution in [0.1, 0.15) is 30.0 Å². The van der Waals surface area contributed by atoms with E-state index in [9.17, 15) is 5.11 Å². The Bertz CT molecular complexity index is 534. The lowest BCUT2D eigenvalue weighted by Crippen LogP contribution is -2.10. The number of hydrogen-bond donors (Lipinski definition) is 1. The molecule has 2 aromatic rings. The van der Waals surface area contributed by atoms with Crippen LogP contribution in [0.15, 0.2) is 30.6 Å². The van der Waals surface area contributed by atoms with Gasteiger partial charge in [0, 0.05) is 24.5 Å². The minimum atomic E-state index is -0.769. The SMILES string of the molecule is CCn1ccnc1C(O)c1cc(C)ccc1OC. The summed E-state index contributed by atoms with van der Waals surface area (Å²) in [5, 5.41) is 10.5. The van der Waals surface area contributed by atoms with Crippen molar-refractivity contribution in [1.82, 2.24) is 9.55 Å². The van der Waals surface area contributed by atoms with Gasteiger partial charge in [0.1, 0.15) is 17.7 Å². The molecule has 0 aliphatic carbocycles. The lowest BCUT2D eigenvalue weighted by Gasteiger charge is -2.16. The average Bonchev–Trinajstić information content (AvgIpc) is 2.86. The van der Waals surface area contributed by atoms with Gasteiger partial charge in [0.15, 0.2) is 0 Å². The molecule has 18 heavy (non-hydrogen) atoms. The molecule has 0 saturated heterocycles. The molecule has 0 radical (unpaired) electrons. The molecule has 96 valence electrons. The van der Waals surface area contributed by atoms with Crippen molar-refractivity contribution in [2.24, 2.45) is 0 Å². The third-order valence-electron chi connectivity index (χ3n) is 3.01. The first-order valence-corrected chi connectivity index (χ1v) is 6.01. The minimum Gasteiger partial charge on any atom is -0.496 e. The normalized spacial score (nSPS) is 12.4. The second-order valence-electron chi connectivity index (χ2n) is 4.22. The van der Waals surface area contributed by atoms with Gasteiger partial charge in [-0.15, -0.1) is 0 Å². The molecule has 1 atom stereocenters. The third-order valence-corrected chi connectivity index (χ3v) is 3.01. The van der Waals surface area contributed by atoms with E-state index >= 15 is 0 Å². The molecule has 1 N–H and O–H groups in total. The Morgan fingerprint density at radius 1 is 1.44 bits per heavy atom. The monoisotopic (exact) mass is 246 g/mol. The van der Waals surface area contributed by atoms with Crippen molar-refractivity contribution in [2.45, 2.75) is 26.5 Å². The molecule has 1 heterocycles. The molecule has 2 rings (SSSR count). The molecule has 0 fully saturated rings. The van der Waals surface area contributed by atoms with Crippen molar-refractivity contribution in [3.63, 3.8) is 0 Å². The molecule has 0 aliphatic rings. The zero-order valence-electron chi connectivity index (χ0n) is 10.9. The molecule has 0 aliphatic heterocycles. The zero-order chi connectivity index (χ0) is 13.1. The fraction of sp³-hybridized carbons (Fsp3) is 0.357. The Balaban J connectivity index is 2.45. The predicted octanol–water partition coefficient (Wildman–Crippen LogP) is 2.30. The smallest absolute Gasteiger partial charge is 0.142 e. The maximum absolute atomic E-state index is 10.5. The lowest BCUT2D eigenvalue weighted by molar-refractivity contribution is 0.199. The number of aryl methyl sites for hydroxylation is 2. The molecule has 1 aromatic heterocycles. The maximum atomic E-state index is 10.5. The van der Waals surface area contributed by atoms with E-state index < -0.39 is 6.10 Å². The van der Waals surface area contributed by atoms with Gasteiger partial charge in [0.05, 0.1) is 7.11 Å². The highest BCUT2D eigenvalue weighted by molar-refractivity contribution is 5.40. The first-order chi connectivity index (χ1) is 8.67. The fourth-order valence-electron chi connectivity index (χ4n) is 2.04. The van der Waals surface area contributed by atoms with Crippen molar-refractivity contribution in [3.05, 3.63) is 47.5 Å². The molecule has 0 bridgehead atoms. The van der Waals surface area contributed by atoms with Crippen LogP contribution in [0, 0.1) is 6.92 Å². The van der Waals surface area contributed by atoms with Crippen molar-refractivity contribution in [3.8, 4) is 5.75 Å². The van der Waals surface area contributed by atoms with Crippen LogP contribution in [0.2, 0.25) is 0 Å². The second kappa shape index (κ2) is 5.23. The predicted molar refractivity (Wildman–Crippen MR) is 69.7 cm³/mol. The van der Waals surface area contributed by atoms with Crippen LogP contribution < -0.4 is 4.74 Å². The Kier molecular flexibility index (Phi) is 3.67. The van der Waals surface area contributed by atoms with Crippen LogP contribution in [-0.2, 0) is 6.54 Å². The Morgan fingerprint density at radius 2 is 2.22 bits per heavy atom. The summed E-state index contributed by atoms with van der Waals surface area (Å²) in [6.07, 6.45) is 2.79. The highest BCUT2D eigenvalue weighted by Gasteiger charge is 2.19. The summed E-state index contributed by atoms with van der Waals surface area (Å²) in [6.45, 7) is 4.79. The summed E-state index contributed by atoms with van der Waals surface area (Å²) in [4.78, 5) is 4.23. The number of rotatable bonds is 4. The van der Waals surface area contributed by atoms with Gasteiger partial charge in [-0.1, -0.05) is 11.6 Å². The molecule has 1 aromatic carbocycles. The number of imidazole rings is 1. The average molecular weight is 246 g/mol. The van der Waals surface area contributed by atoms with Gasteiger partial charge >= 0.3 is 0 Å². The number of aliphatic hydroxyl groups excluding tert-OH is 1. The number of methoxy groups -OCH3 is 1. The second-order valence-corrected chi connectivity index (χ2v) is 4.22. The zero-order valence-corrected chi connectivity index (χ0v) is 10.9. The highest BCUT2D eigenvalue weighted by atomic mass is 16.5. The molecule has 0 saturated carbocycles. The largest absolute Gasteiger partial charge is 0.496 e. The standard InChI is InChI=1S/C14H18N2O2/c1-4-16-8-7-15-14(16)13(17)11-9-10(2)5-6-12(11)18-3/h5-9,13,17H,4H2,1-3H3. The lowest BCUT2D eigenvalue weighted by atomic mass is 10.0. The van der Waals surface area contributed by atoms with Crippen LogP contribution in [0.3, 0.4) is 0 Å². The number of hydrogen-bond acceptors (Lipinski definition) is 3. The molecule has 4 heteroatoms. The highest BCUT2D eigenvalue weighted by Crippen LogP contribution is 2.30. The summed E-state index contributed by atoms with van der Waals surface area (Å²) < 4.78 is 7.22. The number of aliphatic hydroxyl groups is 1. The van der Waals surface area contributed by atoms with Crippen LogP contribution in [-0.4, -0.2) is 21.8 Å². The summed E-state index contributed by atoms with van der Waals surface area (Å²) in [5.41, 5.74) is 1.83. The van der Waals surface area contributed by atoms with Crippen molar-refractivity contribution in [1.29, 1.82) is 0 Å². The molecular weight excluding hydrogens is 228 g/mol. The molecule has 1 unspecified atom stereocenters. The number of nitrogens with zero attached hydrogens (tertiary/aromatic N) is 2. The number of aromatic nitrogens is 2. The van der Waals surface area contributed by atoms with E-state index in [0.717, 1.165) is 17.7 Å². The number of benzene rings is 1. The summed E-state index contributed by atoms with van der Waals surface area (Å²) in [5.74, 6) is 1.32. The first-order valence-electron chi connectivity index (χ1n) is 6.01. The quantitative estimate of drug-likeness (QED) is 0.900. The summed E-state index contributed by atoms with van der Waals surface area (Å²) in [7, 11) is 1.60. The molecule has 0 amide bonds. The molecule has 4 nitrogen and oxygen atoms in total. The van der Waals surface area contributed by atoms with Gasteiger partial charge < -0.3 is 14.4 Å². The van der Waals surface area contributed by atoms with Gasteiger partial charge in [-0.05, 0) is 26.0 Å². The van der Waals surface area contributed by atoms with E-state index in [1.54, 1.807) is 13.3 Å². The third kappa shape index (κ3) is 2.24. The number of ether oxygens (including phenoxy) is 1. The van der Waals surface area contributed by atoms with E-state index in [1.807, 2.05) is 42.8 Å². The summed E-state index contributed by atoms with van der Waals surface area (Å²) >= 11 is 0. The fourth-order valence-corrected chi connectivity index (χ4v) is 2.04. The molecular formula is C14H18N2O2. The van der Waals surface area contributed by atoms with Gasteiger partial charge in [-0.2, -0.15) is 0 Å². The van der Waals surface area contributed by atoms with Crippen molar-refractivity contribution < 1.29 is 9.84 Å². The van der Waals surface area contributed by atoms with Gasteiger partial charge in [-0.3, -0.25) is 0 Å². The summed E-state index contributed by atoms with van der Waals surface area (Å²) in [6, 6.07) is 5.76. The van der Waals surface area contributed by atoms with Crippen molar-refractivity contribution in [2.75, 3.05) is 7.11 Å². The minimum absolute atomic E-state index is 0.640. The Morgan fingerprint density at radius 3 is 2.89 bits per heavy atom. The van der Waals surface area contributed by atoms with Gasteiger partial charge in [-0.25, -0.2) is 4.98 Å². The van der Waals surface area contributed by atoms with Crippen LogP contribution in [0.5, 0.6) is 5.75 Å². The molecule has 0 spiro atoms. The van der Waals surface area contributed by atoms with E-state index in [0.29, 0.717) is 11.6 Å². The first kappa shape index (κ1) is 12.6. The maximum Gasteiger partial charge on any atom is 0.142 e.